The molecule has 24 heavy (non-hydrogen) atoms. The molecule has 2 aromatic rings. The summed E-state index contributed by atoms with van der Waals surface area (Å²) >= 11 is 1.49. The van der Waals surface area contributed by atoms with Crippen molar-refractivity contribution in [1.82, 2.24) is 10.3 Å². The molecule has 1 atom stereocenters. The van der Waals surface area contributed by atoms with Crippen LogP contribution in [0, 0.1) is 19.8 Å². The van der Waals surface area contributed by atoms with Crippen molar-refractivity contribution in [3.05, 3.63) is 34.7 Å². The maximum Gasteiger partial charge on any atom is 0.226 e. The van der Waals surface area contributed by atoms with Gasteiger partial charge in [-0.05, 0) is 62.9 Å². The van der Waals surface area contributed by atoms with Gasteiger partial charge in [-0.3, -0.25) is 4.79 Å². The van der Waals surface area contributed by atoms with Gasteiger partial charge < -0.3 is 10.6 Å². The van der Waals surface area contributed by atoms with Gasteiger partial charge in [-0.1, -0.05) is 12.1 Å². The third kappa shape index (κ3) is 4.79. The highest BCUT2D eigenvalue weighted by Crippen LogP contribution is 2.26. The van der Waals surface area contributed by atoms with E-state index in [1.54, 1.807) is 0 Å². The molecule has 1 aromatic carbocycles. The molecule has 0 bridgehead atoms. The SMILES string of the molecule is Cc1ccc(-c2csc(NC(=O)CCC3CCNC3)n2)cc1C.Cl. The summed E-state index contributed by atoms with van der Waals surface area (Å²) in [6, 6.07) is 6.33. The van der Waals surface area contributed by atoms with Gasteiger partial charge in [-0.15, -0.1) is 23.7 Å². The summed E-state index contributed by atoms with van der Waals surface area (Å²) in [6.07, 6.45) is 2.71. The molecule has 1 aliphatic rings. The van der Waals surface area contributed by atoms with Gasteiger partial charge in [0.15, 0.2) is 5.13 Å². The molecule has 2 N–H and O–H groups in total. The fourth-order valence-corrected chi connectivity index (χ4v) is 3.58. The van der Waals surface area contributed by atoms with Crippen molar-refractivity contribution in [3.8, 4) is 11.3 Å². The number of aromatic nitrogens is 1. The monoisotopic (exact) mass is 365 g/mol. The maximum atomic E-state index is 12.0. The van der Waals surface area contributed by atoms with E-state index in [2.05, 4.69) is 47.7 Å². The molecular weight excluding hydrogens is 342 g/mol. The number of nitrogens with zero attached hydrogens (tertiary/aromatic N) is 1. The Kier molecular flexibility index (Phi) is 6.78. The zero-order valence-corrected chi connectivity index (χ0v) is 15.7. The number of benzene rings is 1. The van der Waals surface area contributed by atoms with Crippen LogP contribution in [0.25, 0.3) is 11.3 Å². The molecule has 2 heterocycles. The summed E-state index contributed by atoms with van der Waals surface area (Å²) < 4.78 is 0. The molecule has 4 nitrogen and oxygen atoms in total. The van der Waals surface area contributed by atoms with Crippen LogP contribution in [-0.4, -0.2) is 24.0 Å². The Bertz CT molecular complexity index is 695. The van der Waals surface area contributed by atoms with Crippen LogP contribution < -0.4 is 10.6 Å². The lowest BCUT2D eigenvalue weighted by molar-refractivity contribution is -0.116. The minimum absolute atomic E-state index is 0. The average molecular weight is 366 g/mol. The number of rotatable bonds is 5. The van der Waals surface area contributed by atoms with Crippen LogP contribution in [0.3, 0.4) is 0 Å². The van der Waals surface area contributed by atoms with E-state index >= 15 is 0 Å². The second-order valence-electron chi connectivity index (χ2n) is 6.28. The van der Waals surface area contributed by atoms with Gasteiger partial charge in [-0.2, -0.15) is 0 Å². The number of nitrogens with one attached hydrogen (secondary N) is 2. The topological polar surface area (TPSA) is 54.0 Å². The minimum Gasteiger partial charge on any atom is -0.316 e. The van der Waals surface area contributed by atoms with E-state index < -0.39 is 0 Å². The summed E-state index contributed by atoms with van der Waals surface area (Å²) in [5, 5.41) is 8.95. The van der Waals surface area contributed by atoms with Crippen LogP contribution in [0.15, 0.2) is 23.6 Å². The number of hydrogen-bond donors (Lipinski definition) is 2. The molecule has 1 saturated heterocycles. The van der Waals surface area contributed by atoms with Crippen LogP contribution in [0.5, 0.6) is 0 Å². The Balaban J connectivity index is 0.00000208. The Morgan fingerprint density at radius 3 is 2.92 bits per heavy atom. The smallest absolute Gasteiger partial charge is 0.226 e. The van der Waals surface area contributed by atoms with Crippen LogP contribution in [0.2, 0.25) is 0 Å². The highest BCUT2D eigenvalue weighted by atomic mass is 35.5. The summed E-state index contributed by atoms with van der Waals surface area (Å²) in [7, 11) is 0. The van der Waals surface area contributed by atoms with E-state index in [9.17, 15) is 4.79 Å². The summed E-state index contributed by atoms with van der Waals surface area (Å²) in [6.45, 7) is 6.33. The number of aryl methyl sites for hydroxylation is 2. The second-order valence-corrected chi connectivity index (χ2v) is 7.14. The molecule has 1 fully saturated rings. The molecule has 0 saturated carbocycles. The molecule has 0 spiro atoms. The number of hydrogen-bond acceptors (Lipinski definition) is 4. The fraction of sp³-hybridized carbons (Fsp3) is 0.444. The Morgan fingerprint density at radius 2 is 2.21 bits per heavy atom. The van der Waals surface area contributed by atoms with Crippen LogP contribution >= 0.6 is 23.7 Å². The Labute approximate surface area is 153 Å². The average Bonchev–Trinajstić information content (AvgIpc) is 3.19. The third-order valence-electron chi connectivity index (χ3n) is 4.50. The number of halogens is 1. The molecule has 1 aliphatic heterocycles. The predicted molar refractivity (Wildman–Crippen MR) is 103 cm³/mol. The number of carbonyl (C=O) groups excluding carboxylic acids is 1. The molecule has 0 radical (unpaired) electrons. The lowest BCUT2D eigenvalue weighted by Gasteiger charge is -2.07. The Morgan fingerprint density at radius 1 is 1.38 bits per heavy atom. The number of amides is 1. The number of anilines is 1. The van der Waals surface area contributed by atoms with Gasteiger partial charge in [0, 0.05) is 17.4 Å². The van der Waals surface area contributed by atoms with E-state index in [-0.39, 0.29) is 18.3 Å². The van der Waals surface area contributed by atoms with Crippen LogP contribution in [0.1, 0.15) is 30.4 Å². The van der Waals surface area contributed by atoms with Crippen molar-refractivity contribution < 1.29 is 4.79 Å². The highest BCUT2D eigenvalue weighted by molar-refractivity contribution is 7.14. The first kappa shape index (κ1) is 18.9. The number of thiazole rings is 1. The summed E-state index contributed by atoms with van der Waals surface area (Å²) in [4.78, 5) is 16.6. The van der Waals surface area contributed by atoms with E-state index in [0.29, 0.717) is 17.5 Å². The molecule has 6 heteroatoms. The fourth-order valence-electron chi connectivity index (χ4n) is 2.84. The number of carbonyl (C=O) groups is 1. The van der Waals surface area contributed by atoms with E-state index in [4.69, 9.17) is 0 Å². The normalized spacial score (nSPS) is 16.7. The first-order valence-electron chi connectivity index (χ1n) is 8.15. The van der Waals surface area contributed by atoms with Gasteiger partial charge in [0.05, 0.1) is 5.69 Å². The lowest BCUT2D eigenvalue weighted by atomic mass is 10.0. The molecule has 1 amide bonds. The van der Waals surface area contributed by atoms with Gasteiger partial charge in [0.2, 0.25) is 5.91 Å². The minimum atomic E-state index is 0. The molecular formula is C18H24ClN3OS. The van der Waals surface area contributed by atoms with Crippen molar-refractivity contribution in [1.29, 1.82) is 0 Å². The van der Waals surface area contributed by atoms with E-state index in [0.717, 1.165) is 30.8 Å². The molecule has 1 unspecified atom stereocenters. The first-order valence-corrected chi connectivity index (χ1v) is 9.03. The van der Waals surface area contributed by atoms with Crippen molar-refractivity contribution in [2.75, 3.05) is 18.4 Å². The van der Waals surface area contributed by atoms with E-state index in [1.807, 2.05) is 5.38 Å². The summed E-state index contributed by atoms with van der Waals surface area (Å²) in [5.74, 6) is 0.709. The molecule has 1 aromatic heterocycles. The van der Waals surface area contributed by atoms with Crippen molar-refractivity contribution in [3.63, 3.8) is 0 Å². The van der Waals surface area contributed by atoms with Crippen molar-refractivity contribution >= 4 is 34.8 Å². The van der Waals surface area contributed by atoms with Gasteiger partial charge in [-0.25, -0.2) is 4.98 Å². The highest BCUT2D eigenvalue weighted by Gasteiger charge is 2.16. The van der Waals surface area contributed by atoms with Gasteiger partial charge in [0.1, 0.15) is 0 Å². The largest absolute Gasteiger partial charge is 0.316 e. The van der Waals surface area contributed by atoms with Crippen LogP contribution in [0.4, 0.5) is 5.13 Å². The van der Waals surface area contributed by atoms with Gasteiger partial charge >= 0.3 is 0 Å². The lowest BCUT2D eigenvalue weighted by Crippen LogP contribution is -2.14. The van der Waals surface area contributed by atoms with Crippen molar-refractivity contribution in [2.24, 2.45) is 5.92 Å². The quantitative estimate of drug-likeness (QED) is 0.835. The molecule has 3 rings (SSSR count). The predicted octanol–water partition coefficient (Wildman–Crippen LogP) is 4.18. The standard InChI is InChI=1S/C18H23N3OS.ClH/c1-12-3-5-15(9-13(12)2)16-11-23-18(20-16)21-17(22)6-4-14-7-8-19-10-14;/h3,5,9,11,14,19H,4,6-8,10H2,1-2H3,(H,20,21,22);1H. The second kappa shape index (κ2) is 8.60. The third-order valence-corrected chi connectivity index (χ3v) is 5.25. The van der Waals surface area contributed by atoms with Crippen molar-refractivity contribution in [2.45, 2.75) is 33.1 Å². The van der Waals surface area contributed by atoms with E-state index in [1.165, 1.54) is 28.9 Å². The first-order chi connectivity index (χ1) is 11.1. The van der Waals surface area contributed by atoms with Crippen LogP contribution in [-0.2, 0) is 4.79 Å². The summed E-state index contributed by atoms with van der Waals surface area (Å²) in [5.41, 5.74) is 4.56. The zero-order valence-electron chi connectivity index (χ0n) is 14.1. The molecule has 130 valence electrons. The zero-order chi connectivity index (χ0) is 16.2. The van der Waals surface area contributed by atoms with Gasteiger partial charge in [0.25, 0.3) is 0 Å². The Hall–Kier alpha value is -1.43. The molecule has 0 aliphatic carbocycles. The maximum absolute atomic E-state index is 12.0.